The van der Waals surface area contributed by atoms with Crippen LogP contribution in [0.15, 0.2) is 23.2 Å². The fraction of sp³-hybridized carbons (Fsp3) is 0.650. The number of amides is 2. The summed E-state index contributed by atoms with van der Waals surface area (Å²) in [5.74, 6) is 1.56. The van der Waals surface area contributed by atoms with Crippen molar-refractivity contribution in [2.75, 3.05) is 13.1 Å². The molecule has 1 aliphatic carbocycles. The van der Waals surface area contributed by atoms with E-state index in [2.05, 4.69) is 24.0 Å². The van der Waals surface area contributed by atoms with Gasteiger partial charge in [-0.05, 0) is 50.5 Å². The second-order valence-corrected chi connectivity index (χ2v) is 7.57. The monoisotopic (exact) mass is 359 g/mol. The molecule has 2 amide bonds. The summed E-state index contributed by atoms with van der Waals surface area (Å²) in [6.45, 7) is 7.02. The van der Waals surface area contributed by atoms with Crippen LogP contribution in [0.2, 0.25) is 0 Å². The summed E-state index contributed by atoms with van der Waals surface area (Å²) in [4.78, 5) is 26.2. The number of nitrogens with one attached hydrogen (secondary N) is 1. The third-order valence-corrected chi connectivity index (χ3v) is 5.79. The average molecular weight is 359 g/mol. The van der Waals surface area contributed by atoms with Gasteiger partial charge in [-0.1, -0.05) is 25.1 Å². The van der Waals surface area contributed by atoms with Gasteiger partial charge in [0.2, 0.25) is 5.91 Å². The Morgan fingerprint density at radius 1 is 1.38 bits per heavy atom. The third kappa shape index (κ3) is 4.17. The molecule has 6 nitrogen and oxygen atoms in total. The Kier molecular flexibility index (Phi) is 6.12. The van der Waals surface area contributed by atoms with Crippen LogP contribution in [0.3, 0.4) is 0 Å². The molecule has 2 heterocycles. The Hall–Kier alpha value is -2.11. The number of rotatable bonds is 7. The molecular formula is C20H29N3O3. The number of hydrogen-bond acceptors (Lipinski definition) is 4. The molecule has 142 valence electrons. The van der Waals surface area contributed by atoms with Crippen LogP contribution in [0, 0.1) is 5.92 Å². The molecule has 0 radical (unpaired) electrons. The molecule has 1 saturated heterocycles. The van der Waals surface area contributed by atoms with Crippen molar-refractivity contribution in [3.63, 3.8) is 0 Å². The maximum Gasteiger partial charge on any atom is 0.276 e. The van der Waals surface area contributed by atoms with Crippen LogP contribution >= 0.6 is 0 Å². The molecule has 2 unspecified atom stereocenters. The third-order valence-electron chi connectivity index (χ3n) is 5.79. The maximum atomic E-state index is 13.0. The first-order chi connectivity index (χ1) is 12.6. The molecular weight excluding hydrogens is 330 g/mol. The molecule has 2 atom stereocenters. The molecule has 0 spiro atoms. The normalized spacial score (nSPS) is 23.3. The van der Waals surface area contributed by atoms with E-state index in [1.165, 1.54) is 12.5 Å². The van der Waals surface area contributed by atoms with Crippen LogP contribution in [-0.4, -0.2) is 41.0 Å². The van der Waals surface area contributed by atoms with Gasteiger partial charge >= 0.3 is 0 Å². The van der Waals surface area contributed by atoms with E-state index < -0.39 is 0 Å². The van der Waals surface area contributed by atoms with Gasteiger partial charge in [-0.3, -0.25) is 9.59 Å². The van der Waals surface area contributed by atoms with Crippen molar-refractivity contribution in [2.45, 2.75) is 63.8 Å². The van der Waals surface area contributed by atoms with Gasteiger partial charge in [0.05, 0.1) is 0 Å². The zero-order valence-electron chi connectivity index (χ0n) is 15.6. The van der Waals surface area contributed by atoms with Gasteiger partial charge in [-0.2, -0.15) is 0 Å². The SMILES string of the molecule is C=CC(=O)NCCCC1C(C)CCCN1C(=O)c1cc(C2CCC2)on1. The molecule has 6 heteroatoms. The Bertz CT molecular complexity index is 650. The first-order valence-corrected chi connectivity index (χ1v) is 9.78. The number of hydrogen-bond donors (Lipinski definition) is 1. The first-order valence-electron chi connectivity index (χ1n) is 9.78. The highest BCUT2D eigenvalue weighted by molar-refractivity contribution is 5.92. The fourth-order valence-electron chi connectivity index (χ4n) is 3.96. The second kappa shape index (κ2) is 8.52. The quantitative estimate of drug-likeness (QED) is 0.599. The molecule has 3 rings (SSSR count). The van der Waals surface area contributed by atoms with Crippen LogP contribution in [0.25, 0.3) is 0 Å². The second-order valence-electron chi connectivity index (χ2n) is 7.57. The van der Waals surface area contributed by atoms with E-state index >= 15 is 0 Å². The molecule has 0 bridgehead atoms. The van der Waals surface area contributed by atoms with Crippen LogP contribution in [0.5, 0.6) is 0 Å². The lowest BCUT2D eigenvalue weighted by Gasteiger charge is -2.40. The molecule has 1 aromatic heterocycles. The minimum absolute atomic E-state index is 0.0222. The highest BCUT2D eigenvalue weighted by Gasteiger charge is 2.34. The van der Waals surface area contributed by atoms with Crippen molar-refractivity contribution in [3.05, 3.63) is 30.2 Å². The smallest absolute Gasteiger partial charge is 0.276 e. The van der Waals surface area contributed by atoms with E-state index in [9.17, 15) is 9.59 Å². The van der Waals surface area contributed by atoms with E-state index in [-0.39, 0.29) is 17.9 Å². The molecule has 1 N–H and O–H groups in total. The molecule has 1 saturated carbocycles. The number of carbonyl (C=O) groups is 2. The van der Waals surface area contributed by atoms with Crippen molar-refractivity contribution < 1.29 is 14.1 Å². The van der Waals surface area contributed by atoms with E-state index in [0.717, 1.165) is 50.8 Å². The van der Waals surface area contributed by atoms with E-state index in [1.807, 2.05) is 11.0 Å². The predicted octanol–water partition coefficient (Wildman–Crippen LogP) is 3.27. The van der Waals surface area contributed by atoms with Gasteiger partial charge in [0.1, 0.15) is 5.76 Å². The van der Waals surface area contributed by atoms with Crippen molar-refractivity contribution in [2.24, 2.45) is 5.92 Å². The van der Waals surface area contributed by atoms with Crippen molar-refractivity contribution >= 4 is 11.8 Å². The molecule has 2 fully saturated rings. The molecule has 2 aliphatic rings. The lowest BCUT2D eigenvalue weighted by atomic mass is 9.83. The first kappa shape index (κ1) is 18.7. The number of piperidine rings is 1. The van der Waals surface area contributed by atoms with Gasteiger partial charge in [0.15, 0.2) is 5.69 Å². The zero-order valence-corrected chi connectivity index (χ0v) is 15.6. The topological polar surface area (TPSA) is 75.4 Å². The van der Waals surface area contributed by atoms with Gasteiger partial charge < -0.3 is 14.7 Å². The lowest BCUT2D eigenvalue weighted by molar-refractivity contribution is -0.116. The maximum absolute atomic E-state index is 13.0. The standard InChI is InChI=1S/C20H29N3O3/c1-3-19(24)21-11-5-10-17-14(2)7-6-12-23(17)20(25)16-13-18(26-22-16)15-8-4-9-15/h3,13-15,17H,1,4-12H2,2H3,(H,21,24). The van der Waals surface area contributed by atoms with Crippen molar-refractivity contribution in [1.29, 1.82) is 0 Å². The molecule has 0 aromatic carbocycles. The number of likely N-dealkylation sites (tertiary alicyclic amines) is 1. The summed E-state index contributed by atoms with van der Waals surface area (Å²) in [5.41, 5.74) is 0.436. The van der Waals surface area contributed by atoms with Crippen LogP contribution in [0.4, 0.5) is 0 Å². The largest absolute Gasteiger partial charge is 0.360 e. The van der Waals surface area contributed by atoms with E-state index in [1.54, 1.807) is 0 Å². The number of carbonyl (C=O) groups excluding carboxylic acids is 2. The van der Waals surface area contributed by atoms with Crippen molar-refractivity contribution in [1.82, 2.24) is 15.4 Å². The summed E-state index contributed by atoms with van der Waals surface area (Å²) in [5, 5.41) is 6.85. The Labute approximate surface area is 155 Å². The summed E-state index contributed by atoms with van der Waals surface area (Å²) in [6.07, 6.45) is 8.61. The fourth-order valence-corrected chi connectivity index (χ4v) is 3.96. The number of aromatic nitrogens is 1. The molecule has 26 heavy (non-hydrogen) atoms. The van der Waals surface area contributed by atoms with Gasteiger partial charge in [-0.25, -0.2) is 0 Å². The minimum atomic E-state index is -0.152. The van der Waals surface area contributed by atoms with Crippen LogP contribution < -0.4 is 5.32 Å². The highest BCUT2D eigenvalue weighted by atomic mass is 16.5. The summed E-state index contributed by atoms with van der Waals surface area (Å²) < 4.78 is 5.43. The molecule has 1 aromatic rings. The van der Waals surface area contributed by atoms with Gasteiger partial charge in [-0.15, -0.1) is 0 Å². The highest BCUT2D eigenvalue weighted by Crippen LogP contribution is 2.37. The van der Waals surface area contributed by atoms with Crippen molar-refractivity contribution in [3.8, 4) is 0 Å². The molecule has 1 aliphatic heterocycles. The lowest BCUT2D eigenvalue weighted by Crippen LogP contribution is -2.48. The Morgan fingerprint density at radius 3 is 2.88 bits per heavy atom. The zero-order chi connectivity index (χ0) is 18.5. The van der Waals surface area contributed by atoms with Crippen LogP contribution in [0.1, 0.15) is 74.0 Å². The van der Waals surface area contributed by atoms with E-state index in [0.29, 0.717) is 24.1 Å². The minimum Gasteiger partial charge on any atom is -0.360 e. The Morgan fingerprint density at radius 2 is 2.19 bits per heavy atom. The van der Waals surface area contributed by atoms with Gasteiger partial charge in [0, 0.05) is 31.1 Å². The summed E-state index contributed by atoms with van der Waals surface area (Å²) >= 11 is 0. The van der Waals surface area contributed by atoms with E-state index in [4.69, 9.17) is 4.52 Å². The summed E-state index contributed by atoms with van der Waals surface area (Å²) in [7, 11) is 0. The Balaban J connectivity index is 1.61. The summed E-state index contributed by atoms with van der Waals surface area (Å²) in [6, 6.07) is 2.02. The number of nitrogens with zero attached hydrogens (tertiary/aromatic N) is 2. The predicted molar refractivity (Wildman–Crippen MR) is 98.8 cm³/mol. The van der Waals surface area contributed by atoms with Gasteiger partial charge in [0.25, 0.3) is 5.91 Å². The van der Waals surface area contributed by atoms with Crippen LogP contribution in [-0.2, 0) is 4.79 Å². The average Bonchev–Trinajstić information content (AvgIpc) is 3.06.